The predicted molar refractivity (Wildman–Crippen MR) is 58.9 cm³/mol. The van der Waals surface area contributed by atoms with Gasteiger partial charge in [-0.2, -0.15) is 0 Å². The molecule has 0 aliphatic heterocycles. The van der Waals surface area contributed by atoms with Crippen LogP contribution in [0.1, 0.15) is 5.89 Å². The summed E-state index contributed by atoms with van der Waals surface area (Å²) in [5.74, 6) is -0.220. The third-order valence-electron chi connectivity index (χ3n) is 2.14. The van der Waals surface area contributed by atoms with Crippen LogP contribution in [-0.4, -0.2) is 23.4 Å². The van der Waals surface area contributed by atoms with Gasteiger partial charge in [0.15, 0.2) is 0 Å². The van der Waals surface area contributed by atoms with Crippen LogP contribution in [0.15, 0.2) is 28.7 Å². The molecule has 0 radical (unpaired) electrons. The van der Waals surface area contributed by atoms with E-state index in [0.717, 1.165) is 0 Å². The van der Waals surface area contributed by atoms with Crippen LogP contribution in [-0.2, 0) is 11.3 Å². The Kier molecular flexibility index (Phi) is 3.52. The number of carbonyl (C=O) groups excluding carboxylic acids is 1. The largest absolute Gasteiger partial charge is 0.453 e. The molecule has 2 rings (SSSR count). The maximum atomic E-state index is 13.4. The third kappa shape index (κ3) is 2.62. The van der Waals surface area contributed by atoms with Crippen molar-refractivity contribution in [3.05, 3.63) is 36.0 Å². The van der Waals surface area contributed by atoms with E-state index in [1.54, 1.807) is 12.1 Å². The van der Waals surface area contributed by atoms with E-state index in [4.69, 9.17) is 4.42 Å². The van der Waals surface area contributed by atoms with E-state index in [-0.39, 0.29) is 23.9 Å². The van der Waals surface area contributed by atoms with Crippen LogP contribution >= 0.6 is 0 Å². The summed E-state index contributed by atoms with van der Waals surface area (Å²) in [6, 6.07) is 6.05. The van der Waals surface area contributed by atoms with Gasteiger partial charge in [-0.15, -0.1) is 10.2 Å². The molecule has 0 aliphatic rings. The molecular formula is C11H10FN3O3. The molecule has 6 nitrogen and oxygen atoms in total. The normalized spacial score (nSPS) is 10.1. The Bertz CT molecular complexity index is 556. The van der Waals surface area contributed by atoms with Crippen molar-refractivity contribution in [3.8, 4) is 11.5 Å². The average molecular weight is 251 g/mol. The first-order valence-corrected chi connectivity index (χ1v) is 5.10. The molecule has 0 bridgehead atoms. The maximum absolute atomic E-state index is 13.4. The molecule has 0 fully saturated rings. The molecule has 94 valence electrons. The summed E-state index contributed by atoms with van der Waals surface area (Å²) in [6.07, 6.45) is -0.611. The van der Waals surface area contributed by atoms with Gasteiger partial charge in [0.2, 0.25) is 5.89 Å². The van der Waals surface area contributed by atoms with E-state index in [9.17, 15) is 9.18 Å². The number of nitrogens with one attached hydrogen (secondary N) is 1. The summed E-state index contributed by atoms with van der Waals surface area (Å²) in [4.78, 5) is 10.8. The number of alkyl carbamates (subject to hydrolysis) is 1. The van der Waals surface area contributed by atoms with Crippen LogP contribution in [0.2, 0.25) is 0 Å². The molecule has 7 heteroatoms. The van der Waals surface area contributed by atoms with Gasteiger partial charge in [-0.25, -0.2) is 9.18 Å². The van der Waals surface area contributed by atoms with Gasteiger partial charge in [0.05, 0.1) is 19.2 Å². The van der Waals surface area contributed by atoms with Crippen molar-refractivity contribution in [3.63, 3.8) is 0 Å². The fourth-order valence-electron chi connectivity index (χ4n) is 1.29. The number of halogens is 1. The lowest BCUT2D eigenvalue weighted by molar-refractivity contribution is 0.169. The van der Waals surface area contributed by atoms with Crippen LogP contribution in [0, 0.1) is 5.82 Å². The van der Waals surface area contributed by atoms with Crippen molar-refractivity contribution < 1.29 is 18.3 Å². The number of rotatable bonds is 3. The summed E-state index contributed by atoms with van der Waals surface area (Å²) in [5, 5.41) is 9.77. The van der Waals surface area contributed by atoms with Gasteiger partial charge in [0.25, 0.3) is 5.89 Å². The van der Waals surface area contributed by atoms with Crippen LogP contribution < -0.4 is 5.32 Å². The topological polar surface area (TPSA) is 77.2 Å². The van der Waals surface area contributed by atoms with Gasteiger partial charge in [-0.1, -0.05) is 12.1 Å². The smallest absolute Gasteiger partial charge is 0.407 e. The zero-order chi connectivity index (χ0) is 13.0. The molecular weight excluding hydrogens is 241 g/mol. The SMILES string of the molecule is COC(=O)NCc1nnc(-c2ccccc2F)o1. The number of ether oxygens (including phenoxy) is 1. The fourth-order valence-corrected chi connectivity index (χ4v) is 1.29. The summed E-state index contributed by atoms with van der Waals surface area (Å²) in [6.45, 7) is 0.0220. The van der Waals surface area contributed by atoms with Crippen molar-refractivity contribution in [2.24, 2.45) is 0 Å². The first-order valence-electron chi connectivity index (χ1n) is 5.10. The Labute approximate surface area is 102 Å². The van der Waals surface area contributed by atoms with Gasteiger partial charge < -0.3 is 14.5 Å². The molecule has 1 heterocycles. The predicted octanol–water partition coefficient (Wildman–Crippen LogP) is 1.73. The molecule has 18 heavy (non-hydrogen) atoms. The summed E-state index contributed by atoms with van der Waals surface area (Å²) >= 11 is 0. The van der Waals surface area contributed by atoms with E-state index < -0.39 is 11.9 Å². The number of carbonyl (C=O) groups is 1. The van der Waals surface area contributed by atoms with Crippen molar-refractivity contribution in [1.82, 2.24) is 15.5 Å². The lowest BCUT2D eigenvalue weighted by Gasteiger charge is -1.98. The Morgan fingerprint density at radius 3 is 2.94 bits per heavy atom. The highest BCUT2D eigenvalue weighted by Crippen LogP contribution is 2.20. The van der Waals surface area contributed by atoms with Crippen molar-refractivity contribution in [2.75, 3.05) is 7.11 Å². The summed E-state index contributed by atoms with van der Waals surface area (Å²) in [5.41, 5.74) is 0.217. The molecule has 0 saturated carbocycles. The first-order chi connectivity index (χ1) is 8.70. The minimum absolute atomic E-state index is 0.0220. The molecule has 0 saturated heterocycles. The molecule has 0 spiro atoms. The van der Waals surface area contributed by atoms with E-state index in [0.29, 0.717) is 0 Å². The zero-order valence-electron chi connectivity index (χ0n) is 9.51. The fraction of sp³-hybridized carbons (Fsp3) is 0.182. The van der Waals surface area contributed by atoms with E-state index in [1.807, 2.05) is 0 Å². The van der Waals surface area contributed by atoms with Crippen LogP contribution in [0.3, 0.4) is 0 Å². The van der Waals surface area contributed by atoms with Crippen molar-refractivity contribution in [1.29, 1.82) is 0 Å². The van der Waals surface area contributed by atoms with E-state index >= 15 is 0 Å². The maximum Gasteiger partial charge on any atom is 0.407 e. The molecule has 0 atom stereocenters. The van der Waals surface area contributed by atoms with Crippen molar-refractivity contribution in [2.45, 2.75) is 6.54 Å². The van der Waals surface area contributed by atoms with Gasteiger partial charge in [-0.3, -0.25) is 0 Å². The second-order valence-corrected chi connectivity index (χ2v) is 3.33. The zero-order valence-corrected chi connectivity index (χ0v) is 9.51. The quantitative estimate of drug-likeness (QED) is 0.898. The Hall–Kier alpha value is -2.44. The summed E-state index contributed by atoms with van der Waals surface area (Å²) < 4.78 is 23.0. The standard InChI is InChI=1S/C11H10FN3O3/c1-17-11(16)13-6-9-14-15-10(18-9)7-4-2-3-5-8(7)12/h2-5H,6H2,1H3,(H,13,16). The third-order valence-corrected chi connectivity index (χ3v) is 2.14. The van der Waals surface area contributed by atoms with E-state index in [2.05, 4.69) is 20.3 Å². The number of hydrogen-bond donors (Lipinski definition) is 1. The number of aromatic nitrogens is 2. The van der Waals surface area contributed by atoms with Gasteiger partial charge in [0.1, 0.15) is 5.82 Å². The Morgan fingerprint density at radius 1 is 1.44 bits per heavy atom. The number of methoxy groups -OCH3 is 1. The lowest BCUT2D eigenvalue weighted by Crippen LogP contribution is -2.22. The average Bonchev–Trinajstić information content (AvgIpc) is 2.85. The van der Waals surface area contributed by atoms with E-state index in [1.165, 1.54) is 19.2 Å². The monoisotopic (exact) mass is 251 g/mol. The highest BCUT2D eigenvalue weighted by molar-refractivity contribution is 5.66. The minimum atomic E-state index is -0.611. The Morgan fingerprint density at radius 2 is 2.22 bits per heavy atom. The van der Waals surface area contributed by atoms with Crippen LogP contribution in [0.4, 0.5) is 9.18 Å². The molecule has 1 N–H and O–H groups in total. The molecule has 0 unspecified atom stereocenters. The first kappa shape index (κ1) is 12.0. The molecule has 1 aromatic heterocycles. The van der Waals surface area contributed by atoms with Gasteiger partial charge in [-0.05, 0) is 12.1 Å². The lowest BCUT2D eigenvalue weighted by atomic mass is 10.2. The number of nitrogens with zero attached hydrogens (tertiary/aromatic N) is 2. The molecule has 2 aromatic rings. The number of benzene rings is 1. The van der Waals surface area contributed by atoms with Crippen LogP contribution in [0.25, 0.3) is 11.5 Å². The minimum Gasteiger partial charge on any atom is -0.453 e. The number of amides is 1. The van der Waals surface area contributed by atoms with Gasteiger partial charge in [0, 0.05) is 0 Å². The number of hydrogen-bond acceptors (Lipinski definition) is 5. The second kappa shape index (κ2) is 5.26. The second-order valence-electron chi connectivity index (χ2n) is 3.33. The highest BCUT2D eigenvalue weighted by Gasteiger charge is 2.12. The summed E-state index contributed by atoms with van der Waals surface area (Å²) in [7, 11) is 1.24. The Balaban J connectivity index is 2.11. The highest BCUT2D eigenvalue weighted by atomic mass is 19.1. The van der Waals surface area contributed by atoms with Crippen molar-refractivity contribution >= 4 is 6.09 Å². The molecule has 1 aromatic carbocycles. The van der Waals surface area contributed by atoms with Crippen LogP contribution in [0.5, 0.6) is 0 Å². The van der Waals surface area contributed by atoms with Gasteiger partial charge >= 0.3 is 6.09 Å². The molecule has 1 amide bonds. The molecule has 0 aliphatic carbocycles.